The minimum Gasteiger partial charge on any atom is -0.495 e. The van der Waals surface area contributed by atoms with Crippen LogP contribution in [-0.2, 0) is 4.79 Å². The van der Waals surface area contributed by atoms with Crippen molar-refractivity contribution in [3.63, 3.8) is 0 Å². The van der Waals surface area contributed by atoms with E-state index in [-0.39, 0.29) is 11.7 Å². The number of anilines is 1. The van der Waals surface area contributed by atoms with Crippen molar-refractivity contribution in [2.75, 3.05) is 18.2 Å². The van der Waals surface area contributed by atoms with Crippen LogP contribution in [0.15, 0.2) is 46.0 Å². The van der Waals surface area contributed by atoms with E-state index >= 15 is 0 Å². The molecule has 23 heavy (non-hydrogen) atoms. The monoisotopic (exact) mass is 329 g/mol. The molecule has 0 atom stereocenters. The Morgan fingerprint density at radius 3 is 2.91 bits per heavy atom. The van der Waals surface area contributed by atoms with Crippen molar-refractivity contribution in [3.8, 4) is 5.75 Å². The lowest BCUT2D eigenvalue weighted by Crippen LogP contribution is -2.14. The van der Waals surface area contributed by atoms with E-state index in [1.807, 2.05) is 31.2 Å². The van der Waals surface area contributed by atoms with Crippen molar-refractivity contribution in [1.29, 1.82) is 0 Å². The van der Waals surface area contributed by atoms with Crippen LogP contribution in [0, 0.1) is 6.92 Å². The van der Waals surface area contributed by atoms with Crippen molar-refractivity contribution >= 4 is 34.6 Å². The minimum absolute atomic E-state index is 0.161. The molecule has 6 nitrogen and oxygen atoms in total. The van der Waals surface area contributed by atoms with Gasteiger partial charge in [-0.1, -0.05) is 23.9 Å². The molecule has 1 aromatic carbocycles. The number of nitrogens with zero attached hydrogens (tertiary/aromatic N) is 2. The Kier molecular flexibility index (Phi) is 4.47. The number of para-hydroxylation sites is 2. The fourth-order valence-corrected chi connectivity index (χ4v) is 2.64. The molecule has 0 saturated heterocycles. The third-order valence-corrected chi connectivity index (χ3v) is 3.91. The molecule has 7 heteroatoms. The van der Waals surface area contributed by atoms with Gasteiger partial charge in [-0.15, -0.1) is 0 Å². The zero-order valence-corrected chi connectivity index (χ0v) is 13.5. The number of aryl methyl sites for hydroxylation is 1. The summed E-state index contributed by atoms with van der Waals surface area (Å²) in [5.41, 5.74) is 2.67. The van der Waals surface area contributed by atoms with Gasteiger partial charge in [0.2, 0.25) is 5.91 Å². The number of oxazole rings is 1. The van der Waals surface area contributed by atoms with Crippen LogP contribution in [-0.4, -0.2) is 28.7 Å². The van der Waals surface area contributed by atoms with Crippen LogP contribution in [0.1, 0.15) is 5.69 Å². The standard InChI is InChI=1S/C16H15N3O3S/c1-10-7-8-13-15(17-10)19-16(22-13)23-9-14(20)18-11-5-3-4-6-12(11)21-2/h3-8H,9H2,1-2H3,(H,18,20). The van der Waals surface area contributed by atoms with Crippen molar-refractivity contribution in [2.24, 2.45) is 0 Å². The number of pyridine rings is 1. The average molecular weight is 329 g/mol. The fraction of sp³-hybridized carbons (Fsp3) is 0.188. The second-order valence-corrected chi connectivity index (χ2v) is 5.72. The second kappa shape index (κ2) is 6.70. The number of aromatic nitrogens is 2. The molecule has 2 aromatic heterocycles. The van der Waals surface area contributed by atoms with Crippen molar-refractivity contribution in [2.45, 2.75) is 12.1 Å². The number of carbonyl (C=O) groups excluding carboxylic acids is 1. The highest BCUT2D eigenvalue weighted by Gasteiger charge is 2.11. The maximum Gasteiger partial charge on any atom is 0.258 e. The van der Waals surface area contributed by atoms with Crippen molar-refractivity contribution < 1.29 is 13.9 Å². The van der Waals surface area contributed by atoms with Gasteiger partial charge in [0.25, 0.3) is 5.22 Å². The van der Waals surface area contributed by atoms with Gasteiger partial charge in [-0.25, -0.2) is 4.98 Å². The second-order valence-electron chi connectivity index (χ2n) is 4.79. The summed E-state index contributed by atoms with van der Waals surface area (Å²) in [4.78, 5) is 20.6. The average Bonchev–Trinajstić information content (AvgIpc) is 2.95. The molecule has 1 N–H and O–H groups in total. The Morgan fingerprint density at radius 1 is 1.26 bits per heavy atom. The highest BCUT2D eigenvalue weighted by molar-refractivity contribution is 7.99. The Labute approximate surface area is 137 Å². The predicted molar refractivity (Wildman–Crippen MR) is 88.9 cm³/mol. The summed E-state index contributed by atoms with van der Waals surface area (Å²) < 4.78 is 10.8. The number of ether oxygens (including phenoxy) is 1. The van der Waals surface area contributed by atoms with Crippen LogP contribution < -0.4 is 10.1 Å². The predicted octanol–water partition coefficient (Wildman–Crippen LogP) is 3.27. The molecule has 0 aliphatic carbocycles. The van der Waals surface area contributed by atoms with E-state index in [2.05, 4.69) is 15.3 Å². The molecule has 0 fully saturated rings. The summed E-state index contributed by atoms with van der Waals surface area (Å²) in [5.74, 6) is 0.641. The number of nitrogens with one attached hydrogen (secondary N) is 1. The lowest BCUT2D eigenvalue weighted by atomic mass is 10.3. The zero-order chi connectivity index (χ0) is 16.2. The molecule has 118 valence electrons. The number of thioether (sulfide) groups is 1. The first kappa shape index (κ1) is 15.4. The smallest absolute Gasteiger partial charge is 0.258 e. The zero-order valence-electron chi connectivity index (χ0n) is 12.7. The number of benzene rings is 1. The van der Waals surface area contributed by atoms with E-state index < -0.39 is 0 Å². The van der Waals surface area contributed by atoms with Gasteiger partial charge in [0.1, 0.15) is 5.75 Å². The lowest BCUT2D eigenvalue weighted by Gasteiger charge is -2.08. The van der Waals surface area contributed by atoms with Gasteiger partial charge >= 0.3 is 0 Å². The number of amides is 1. The molecule has 0 saturated carbocycles. The van der Waals surface area contributed by atoms with Crippen LogP contribution >= 0.6 is 11.8 Å². The Balaban J connectivity index is 1.63. The number of hydrogen-bond donors (Lipinski definition) is 1. The van der Waals surface area contributed by atoms with Crippen LogP contribution in [0.3, 0.4) is 0 Å². The third kappa shape index (κ3) is 3.62. The first-order valence-corrected chi connectivity index (χ1v) is 7.94. The van der Waals surface area contributed by atoms with Gasteiger partial charge in [0, 0.05) is 5.69 Å². The maximum atomic E-state index is 12.1. The van der Waals surface area contributed by atoms with Crippen molar-refractivity contribution in [1.82, 2.24) is 9.97 Å². The van der Waals surface area contributed by atoms with Gasteiger partial charge in [-0.05, 0) is 31.2 Å². The normalized spacial score (nSPS) is 10.7. The van der Waals surface area contributed by atoms with Crippen LogP contribution in [0.25, 0.3) is 11.2 Å². The van der Waals surface area contributed by atoms with E-state index in [0.29, 0.717) is 27.9 Å². The molecule has 0 aliphatic heterocycles. The molecular formula is C16H15N3O3S. The van der Waals surface area contributed by atoms with Crippen molar-refractivity contribution in [3.05, 3.63) is 42.1 Å². The van der Waals surface area contributed by atoms with E-state index in [1.54, 1.807) is 19.2 Å². The van der Waals surface area contributed by atoms with E-state index in [1.165, 1.54) is 11.8 Å². The van der Waals surface area contributed by atoms with Gasteiger partial charge in [0.05, 0.1) is 18.6 Å². The molecule has 0 bridgehead atoms. The summed E-state index contributed by atoms with van der Waals surface area (Å²) in [6, 6.07) is 10.9. The maximum absolute atomic E-state index is 12.1. The SMILES string of the molecule is COc1ccccc1NC(=O)CSc1nc2nc(C)ccc2o1. The van der Waals surface area contributed by atoms with Gasteiger partial charge in [-0.2, -0.15) is 4.98 Å². The topological polar surface area (TPSA) is 77.2 Å². The van der Waals surface area contributed by atoms with E-state index in [4.69, 9.17) is 9.15 Å². The number of hydrogen-bond acceptors (Lipinski definition) is 6. The fourth-order valence-electron chi connectivity index (χ4n) is 2.02. The van der Waals surface area contributed by atoms with Gasteiger partial charge in [-0.3, -0.25) is 4.79 Å². The number of methoxy groups -OCH3 is 1. The first-order chi connectivity index (χ1) is 11.2. The summed E-state index contributed by atoms with van der Waals surface area (Å²) >= 11 is 1.22. The van der Waals surface area contributed by atoms with E-state index in [9.17, 15) is 4.79 Å². The van der Waals surface area contributed by atoms with Gasteiger partial charge in [0.15, 0.2) is 11.2 Å². The largest absolute Gasteiger partial charge is 0.495 e. The molecule has 0 spiro atoms. The third-order valence-electron chi connectivity index (χ3n) is 3.08. The van der Waals surface area contributed by atoms with Crippen LogP contribution in [0.5, 0.6) is 5.75 Å². The van der Waals surface area contributed by atoms with Crippen LogP contribution in [0.4, 0.5) is 5.69 Å². The summed E-state index contributed by atoms with van der Waals surface area (Å²) in [6.45, 7) is 1.89. The summed E-state index contributed by atoms with van der Waals surface area (Å²) in [6.07, 6.45) is 0. The molecule has 3 rings (SSSR count). The van der Waals surface area contributed by atoms with Gasteiger partial charge < -0.3 is 14.5 Å². The highest BCUT2D eigenvalue weighted by Crippen LogP contribution is 2.25. The lowest BCUT2D eigenvalue weighted by molar-refractivity contribution is -0.113. The Hall–Kier alpha value is -2.54. The quantitative estimate of drug-likeness (QED) is 0.724. The number of fused-ring (bicyclic) bond motifs is 1. The molecule has 3 aromatic rings. The molecular weight excluding hydrogens is 314 g/mol. The highest BCUT2D eigenvalue weighted by atomic mass is 32.2. The molecule has 0 radical (unpaired) electrons. The molecule has 1 amide bonds. The summed E-state index contributed by atoms with van der Waals surface area (Å²) in [7, 11) is 1.56. The molecule has 0 aliphatic rings. The number of rotatable bonds is 5. The first-order valence-electron chi connectivity index (χ1n) is 6.95. The number of carbonyl (C=O) groups is 1. The van der Waals surface area contributed by atoms with Crippen LogP contribution in [0.2, 0.25) is 0 Å². The summed E-state index contributed by atoms with van der Waals surface area (Å²) in [5, 5.41) is 3.23. The Bertz CT molecular complexity index is 847. The minimum atomic E-state index is -0.161. The molecule has 2 heterocycles. The molecule has 0 unspecified atom stereocenters. The van der Waals surface area contributed by atoms with E-state index in [0.717, 1.165) is 5.69 Å². The Morgan fingerprint density at radius 2 is 2.09 bits per heavy atom.